The van der Waals surface area contributed by atoms with E-state index in [1.807, 2.05) is 45.0 Å². The first kappa shape index (κ1) is 17.4. The van der Waals surface area contributed by atoms with Crippen LogP contribution in [0.25, 0.3) is 5.76 Å². The SMILES string of the molecule is C/C=C(\Oc1cc(O)c(C(=O)OC)cc1N)c1cccc(C)c1C. The molecule has 0 aliphatic rings. The zero-order valence-electron chi connectivity index (χ0n) is 14.2. The van der Waals surface area contributed by atoms with Crippen LogP contribution < -0.4 is 10.5 Å². The number of carbonyl (C=O) groups excluding carboxylic acids is 1. The molecule has 0 radical (unpaired) electrons. The van der Waals surface area contributed by atoms with Crippen LogP contribution in [0, 0.1) is 13.8 Å². The van der Waals surface area contributed by atoms with Crippen molar-refractivity contribution in [2.75, 3.05) is 12.8 Å². The number of allylic oxidation sites excluding steroid dienone is 1. The monoisotopic (exact) mass is 327 g/mol. The molecule has 0 saturated heterocycles. The lowest BCUT2D eigenvalue weighted by Crippen LogP contribution is -2.05. The molecule has 2 aromatic carbocycles. The van der Waals surface area contributed by atoms with E-state index < -0.39 is 5.97 Å². The highest BCUT2D eigenvalue weighted by Gasteiger charge is 2.17. The van der Waals surface area contributed by atoms with Gasteiger partial charge in [0.05, 0.1) is 12.8 Å². The van der Waals surface area contributed by atoms with Gasteiger partial charge in [0, 0.05) is 11.6 Å². The molecule has 3 N–H and O–H groups in total. The summed E-state index contributed by atoms with van der Waals surface area (Å²) in [5.41, 5.74) is 9.37. The van der Waals surface area contributed by atoms with E-state index in [1.54, 1.807) is 0 Å². The Bertz CT molecular complexity index is 809. The summed E-state index contributed by atoms with van der Waals surface area (Å²) in [6.07, 6.45) is 1.83. The number of carbonyl (C=O) groups is 1. The maximum atomic E-state index is 11.6. The molecule has 0 saturated carbocycles. The molecule has 0 fully saturated rings. The minimum atomic E-state index is -0.661. The van der Waals surface area contributed by atoms with Gasteiger partial charge in [-0.3, -0.25) is 0 Å². The fourth-order valence-electron chi connectivity index (χ4n) is 2.35. The number of aromatic hydroxyl groups is 1. The van der Waals surface area contributed by atoms with Crippen LogP contribution in [0.3, 0.4) is 0 Å². The van der Waals surface area contributed by atoms with E-state index >= 15 is 0 Å². The maximum absolute atomic E-state index is 11.6. The molecule has 0 amide bonds. The number of phenols is 1. The molecule has 2 rings (SSSR count). The average Bonchev–Trinajstić information content (AvgIpc) is 2.57. The topological polar surface area (TPSA) is 81.8 Å². The predicted octanol–water partition coefficient (Wildman–Crippen LogP) is 3.82. The number of benzene rings is 2. The molecule has 0 spiro atoms. The number of ether oxygens (including phenoxy) is 2. The van der Waals surface area contributed by atoms with Crippen LogP contribution in [-0.4, -0.2) is 18.2 Å². The third-order valence-corrected chi connectivity index (χ3v) is 3.89. The number of aryl methyl sites for hydroxylation is 1. The maximum Gasteiger partial charge on any atom is 0.341 e. The summed E-state index contributed by atoms with van der Waals surface area (Å²) in [4.78, 5) is 11.6. The summed E-state index contributed by atoms with van der Waals surface area (Å²) < 4.78 is 10.5. The van der Waals surface area contributed by atoms with Crippen molar-refractivity contribution in [3.63, 3.8) is 0 Å². The molecule has 0 aromatic heterocycles. The Morgan fingerprint density at radius 2 is 1.92 bits per heavy atom. The van der Waals surface area contributed by atoms with Crippen molar-refractivity contribution >= 4 is 17.4 Å². The second-order valence-corrected chi connectivity index (χ2v) is 5.40. The van der Waals surface area contributed by atoms with Gasteiger partial charge >= 0.3 is 5.97 Å². The summed E-state index contributed by atoms with van der Waals surface area (Å²) in [7, 11) is 1.24. The molecule has 5 nitrogen and oxygen atoms in total. The van der Waals surface area contributed by atoms with Gasteiger partial charge in [0.15, 0.2) is 5.75 Å². The Morgan fingerprint density at radius 1 is 1.21 bits per heavy atom. The van der Waals surface area contributed by atoms with Gasteiger partial charge in [-0.05, 0) is 44.0 Å². The highest BCUT2D eigenvalue weighted by atomic mass is 16.5. The lowest BCUT2D eigenvalue weighted by atomic mass is 10.0. The standard InChI is InChI=1S/C19H21NO4/c1-5-17(13-8-6-7-11(2)12(13)3)24-18-10-16(21)14(9-15(18)20)19(22)23-4/h5-10,21H,20H2,1-4H3/b17-5-. The van der Waals surface area contributed by atoms with E-state index in [-0.39, 0.29) is 22.7 Å². The molecule has 0 aliphatic carbocycles. The third kappa shape index (κ3) is 3.35. The third-order valence-electron chi connectivity index (χ3n) is 3.89. The zero-order valence-corrected chi connectivity index (χ0v) is 14.2. The number of anilines is 1. The number of methoxy groups -OCH3 is 1. The first-order chi connectivity index (χ1) is 11.4. The summed E-state index contributed by atoms with van der Waals surface area (Å²) in [5.74, 6) is -0.0173. The van der Waals surface area contributed by atoms with Crippen LogP contribution >= 0.6 is 0 Å². The number of hydrogen-bond acceptors (Lipinski definition) is 5. The molecule has 0 bridgehead atoms. The summed E-state index contributed by atoms with van der Waals surface area (Å²) in [5, 5.41) is 10.0. The molecule has 0 unspecified atom stereocenters. The van der Waals surface area contributed by atoms with Gasteiger partial charge in [-0.2, -0.15) is 0 Å². The number of nitrogen functional groups attached to an aromatic ring is 1. The smallest absolute Gasteiger partial charge is 0.341 e. The Morgan fingerprint density at radius 3 is 2.54 bits per heavy atom. The molecule has 0 heterocycles. The molecule has 0 atom stereocenters. The van der Waals surface area contributed by atoms with Crippen molar-refractivity contribution in [1.29, 1.82) is 0 Å². The Labute approximate surface area is 141 Å². The van der Waals surface area contributed by atoms with Crippen LogP contribution in [0.15, 0.2) is 36.4 Å². The van der Waals surface area contributed by atoms with E-state index in [1.165, 1.54) is 19.2 Å². The molecular weight excluding hydrogens is 306 g/mol. The van der Waals surface area contributed by atoms with Crippen LogP contribution in [0.4, 0.5) is 5.69 Å². The largest absolute Gasteiger partial charge is 0.507 e. The van der Waals surface area contributed by atoms with Gasteiger partial charge in [-0.25, -0.2) is 4.79 Å². The fraction of sp³-hybridized carbons (Fsp3) is 0.211. The van der Waals surface area contributed by atoms with E-state index in [0.717, 1.165) is 16.7 Å². The van der Waals surface area contributed by atoms with E-state index in [4.69, 9.17) is 10.5 Å². The quantitative estimate of drug-likeness (QED) is 0.386. The van der Waals surface area contributed by atoms with Gasteiger partial charge in [0.1, 0.15) is 17.1 Å². The molecule has 2 aromatic rings. The fourth-order valence-corrected chi connectivity index (χ4v) is 2.35. The summed E-state index contributed by atoms with van der Waals surface area (Å²) in [6.45, 7) is 5.89. The van der Waals surface area contributed by atoms with Crippen LogP contribution in [0.2, 0.25) is 0 Å². The second kappa shape index (κ2) is 7.08. The minimum Gasteiger partial charge on any atom is -0.507 e. The van der Waals surface area contributed by atoms with Crippen molar-refractivity contribution in [3.05, 3.63) is 58.7 Å². The Balaban J connectivity index is 2.41. The number of rotatable bonds is 4. The first-order valence-corrected chi connectivity index (χ1v) is 7.50. The van der Waals surface area contributed by atoms with Crippen LogP contribution in [0.5, 0.6) is 11.5 Å². The molecule has 5 heteroatoms. The molecule has 126 valence electrons. The molecule has 0 aliphatic heterocycles. The number of phenolic OH excluding ortho intramolecular Hbond substituents is 1. The van der Waals surface area contributed by atoms with Gasteiger partial charge in [-0.1, -0.05) is 18.2 Å². The highest BCUT2D eigenvalue weighted by molar-refractivity contribution is 5.94. The van der Waals surface area contributed by atoms with Gasteiger partial charge in [-0.15, -0.1) is 0 Å². The number of hydrogen-bond donors (Lipinski definition) is 2. The van der Waals surface area contributed by atoms with Crippen molar-refractivity contribution < 1.29 is 19.4 Å². The highest BCUT2D eigenvalue weighted by Crippen LogP contribution is 2.34. The van der Waals surface area contributed by atoms with Gasteiger partial charge in [0.25, 0.3) is 0 Å². The van der Waals surface area contributed by atoms with Crippen molar-refractivity contribution in [2.45, 2.75) is 20.8 Å². The van der Waals surface area contributed by atoms with E-state index in [0.29, 0.717) is 5.76 Å². The lowest BCUT2D eigenvalue weighted by Gasteiger charge is -2.16. The minimum absolute atomic E-state index is 0.00360. The molecular formula is C19H21NO4. The van der Waals surface area contributed by atoms with Crippen LogP contribution in [0.1, 0.15) is 34.0 Å². The normalized spacial score (nSPS) is 11.2. The Kier molecular flexibility index (Phi) is 5.14. The van der Waals surface area contributed by atoms with Crippen molar-refractivity contribution in [2.24, 2.45) is 0 Å². The van der Waals surface area contributed by atoms with Gasteiger partial charge < -0.3 is 20.3 Å². The predicted molar refractivity (Wildman–Crippen MR) is 94.1 cm³/mol. The average molecular weight is 327 g/mol. The summed E-state index contributed by atoms with van der Waals surface area (Å²) >= 11 is 0. The first-order valence-electron chi connectivity index (χ1n) is 7.50. The van der Waals surface area contributed by atoms with Gasteiger partial charge in [0.2, 0.25) is 0 Å². The van der Waals surface area contributed by atoms with Crippen molar-refractivity contribution in [3.8, 4) is 11.5 Å². The zero-order chi connectivity index (χ0) is 17.9. The second-order valence-electron chi connectivity index (χ2n) is 5.40. The number of nitrogens with two attached hydrogens (primary N) is 1. The number of esters is 1. The molecule has 24 heavy (non-hydrogen) atoms. The Hall–Kier alpha value is -2.95. The summed E-state index contributed by atoms with van der Waals surface area (Å²) in [6, 6.07) is 8.59. The van der Waals surface area contributed by atoms with Crippen molar-refractivity contribution in [1.82, 2.24) is 0 Å². The lowest BCUT2D eigenvalue weighted by molar-refractivity contribution is 0.0597. The van der Waals surface area contributed by atoms with Crippen LogP contribution in [-0.2, 0) is 4.74 Å². The van der Waals surface area contributed by atoms with E-state index in [2.05, 4.69) is 4.74 Å². The van der Waals surface area contributed by atoms with E-state index in [9.17, 15) is 9.90 Å².